The van der Waals surface area contributed by atoms with E-state index in [4.69, 9.17) is 10.5 Å². The number of aromatic nitrogens is 2. The molecule has 0 atom stereocenters. The number of H-pyrrole nitrogens is 1. The molecule has 112 valence electrons. The van der Waals surface area contributed by atoms with Crippen LogP contribution in [0.1, 0.15) is 6.92 Å². The maximum atomic E-state index is 11.2. The van der Waals surface area contributed by atoms with Crippen LogP contribution >= 0.6 is 0 Å². The average molecular weight is 296 g/mol. The Labute approximate surface area is 127 Å². The van der Waals surface area contributed by atoms with Gasteiger partial charge >= 0.3 is 0 Å². The molecule has 6 nitrogen and oxygen atoms in total. The highest BCUT2D eigenvalue weighted by molar-refractivity contribution is 5.97. The van der Waals surface area contributed by atoms with Gasteiger partial charge in [-0.1, -0.05) is 0 Å². The first-order valence-electron chi connectivity index (χ1n) is 6.78. The summed E-state index contributed by atoms with van der Waals surface area (Å²) in [7, 11) is 1.63. The van der Waals surface area contributed by atoms with Crippen molar-refractivity contribution in [1.29, 1.82) is 0 Å². The summed E-state index contributed by atoms with van der Waals surface area (Å²) < 4.78 is 5.15. The second-order valence-electron chi connectivity index (χ2n) is 4.95. The second-order valence-corrected chi connectivity index (χ2v) is 4.95. The molecule has 0 radical (unpaired) electrons. The molecule has 1 amide bonds. The third kappa shape index (κ3) is 2.58. The fourth-order valence-electron chi connectivity index (χ4n) is 2.26. The smallest absolute Gasteiger partial charge is 0.221 e. The number of hydrogen-bond acceptors (Lipinski definition) is 4. The molecular formula is C16H16N4O2. The fourth-order valence-corrected chi connectivity index (χ4v) is 2.26. The van der Waals surface area contributed by atoms with Crippen molar-refractivity contribution in [1.82, 2.24) is 9.97 Å². The summed E-state index contributed by atoms with van der Waals surface area (Å²) in [5.74, 6) is 1.35. The molecule has 1 heterocycles. The number of nitrogen functional groups attached to an aromatic ring is 1. The average Bonchev–Trinajstić information content (AvgIpc) is 2.90. The fraction of sp³-hybridized carbons (Fsp3) is 0.125. The molecule has 3 rings (SSSR count). The van der Waals surface area contributed by atoms with E-state index < -0.39 is 0 Å². The van der Waals surface area contributed by atoms with Crippen LogP contribution in [0.25, 0.3) is 22.4 Å². The lowest BCUT2D eigenvalue weighted by atomic mass is 10.2. The Morgan fingerprint density at radius 3 is 2.64 bits per heavy atom. The molecule has 22 heavy (non-hydrogen) atoms. The van der Waals surface area contributed by atoms with Crippen molar-refractivity contribution in [3.05, 3.63) is 36.4 Å². The largest absolute Gasteiger partial charge is 0.497 e. The molecule has 0 unspecified atom stereocenters. The van der Waals surface area contributed by atoms with Crippen molar-refractivity contribution in [2.24, 2.45) is 0 Å². The van der Waals surface area contributed by atoms with E-state index in [0.29, 0.717) is 11.4 Å². The van der Waals surface area contributed by atoms with Crippen LogP contribution in [0.4, 0.5) is 11.4 Å². The number of fused-ring (bicyclic) bond motifs is 1. The van der Waals surface area contributed by atoms with Crippen LogP contribution in [-0.4, -0.2) is 23.0 Å². The summed E-state index contributed by atoms with van der Waals surface area (Å²) in [6.07, 6.45) is 0. The highest BCUT2D eigenvalue weighted by Crippen LogP contribution is 2.28. The number of anilines is 2. The number of carbonyl (C=O) groups excluding carboxylic acids is 1. The number of aromatic amines is 1. The standard InChI is InChI=1S/C16H16N4O2/c1-9(21)18-13-8-15-14(7-12(13)17)19-16(20-15)10-3-5-11(22-2)6-4-10/h3-8H,17H2,1-2H3,(H,18,21)(H,19,20). The van der Waals surface area contributed by atoms with Crippen molar-refractivity contribution in [3.63, 3.8) is 0 Å². The van der Waals surface area contributed by atoms with Crippen molar-refractivity contribution < 1.29 is 9.53 Å². The van der Waals surface area contributed by atoms with Crippen molar-refractivity contribution in [3.8, 4) is 17.1 Å². The van der Waals surface area contributed by atoms with E-state index in [2.05, 4.69) is 15.3 Å². The van der Waals surface area contributed by atoms with Crippen LogP contribution in [0.5, 0.6) is 5.75 Å². The Balaban J connectivity index is 2.03. The van der Waals surface area contributed by atoms with Gasteiger partial charge in [-0.25, -0.2) is 4.98 Å². The van der Waals surface area contributed by atoms with Gasteiger partial charge in [-0.3, -0.25) is 4.79 Å². The zero-order chi connectivity index (χ0) is 15.7. The molecule has 0 spiro atoms. The van der Waals surface area contributed by atoms with E-state index in [-0.39, 0.29) is 5.91 Å². The Hall–Kier alpha value is -3.02. The minimum atomic E-state index is -0.169. The van der Waals surface area contributed by atoms with Gasteiger partial charge in [0, 0.05) is 12.5 Å². The molecule has 3 aromatic rings. The van der Waals surface area contributed by atoms with Crippen LogP contribution in [0.2, 0.25) is 0 Å². The van der Waals surface area contributed by atoms with Crippen molar-refractivity contribution in [2.45, 2.75) is 6.92 Å². The summed E-state index contributed by atoms with van der Waals surface area (Å²) in [6, 6.07) is 11.1. The minimum absolute atomic E-state index is 0.169. The monoisotopic (exact) mass is 296 g/mol. The van der Waals surface area contributed by atoms with Gasteiger partial charge in [-0.15, -0.1) is 0 Å². The number of amides is 1. The zero-order valence-corrected chi connectivity index (χ0v) is 12.3. The molecule has 0 aliphatic heterocycles. The van der Waals surface area contributed by atoms with E-state index in [1.54, 1.807) is 19.2 Å². The number of carbonyl (C=O) groups is 1. The van der Waals surface area contributed by atoms with Gasteiger partial charge in [0.1, 0.15) is 11.6 Å². The maximum absolute atomic E-state index is 11.2. The first-order valence-corrected chi connectivity index (χ1v) is 6.78. The molecule has 0 aliphatic rings. The Kier molecular flexibility index (Phi) is 3.42. The Morgan fingerprint density at radius 1 is 1.27 bits per heavy atom. The molecule has 1 aromatic heterocycles. The van der Waals surface area contributed by atoms with Gasteiger partial charge in [0.25, 0.3) is 0 Å². The van der Waals surface area contributed by atoms with Crippen LogP contribution in [-0.2, 0) is 4.79 Å². The molecule has 0 saturated heterocycles. The van der Waals surface area contributed by atoms with Gasteiger partial charge in [0.2, 0.25) is 5.91 Å². The van der Waals surface area contributed by atoms with Crippen LogP contribution in [0.3, 0.4) is 0 Å². The topological polar surface area (TPSA) is 93.0 Å². The Bertz CT molecular complexity index is 837. The van der Waals surface area contributed by atoms with Crippen LogP contribution < -0.4 is 15.8 Å². The molecule has 2 aromatic carbocycles. The molecule has 4 N–H and O–H groups in total. The third-order valence-corrected chi connectivity index (χ3v) is 3.33. The molecule has 0 bridgehead atoms. The van der Waals surface area contributed by atoms with E-state index in [1.807, 2.05) is 24.3 Å². The lowest BCUT2D eigenvalue weighted by molar-refractivity contribution is -0.114. The SMILES string of the molecule is COc1ccc(-c2nc3cc(NC(C)=O)c(N)cc3[nH]2)cc1. The third-order valence-electron chi connectivity index (χ3n) is 3.33. The number of nitrogens with one attached hydrogen (secondary N) is 2. The summed E-state index contributed by atoms with van der Waals surface area (Å²) in [5, 5.41) is 2.69. The van der Waals surface area contributed by atoms with Gasteiger partial charge < -0.3 is 20.8 Å². The van der Waals surface area contributed by atoms with Crippen molar-refractivity contribution in [2.75, 3.05) is 18.2 Å². The van der Waals surface area contributed by atoms with E-state index in [0.717, 1.165) is 28.2 Å². The summed E-state index contributed by atoms with van der Waals surface area (Å²) in [5.41, 5.74) is 9.50. The number of nitrogens with zero attached hydrogens (tertiary/aromatic N) is 1. The van der Waals surface area contributed by atoms with E-state index >= 15 is 0 Å². The zero-order valence-electron chi connectivity index (χ0n) is 12.3. The summed E-state index contributed by atoms with van der Waals surface area (Å²) >= 11 is 0. The quantitative estimate of drug-likeness (QED) is 0.648. The van der Waals surface area contributed by atoms with E-state index in [9.17, 15) is 4.79 Å². The van der Waals surface area contributed by atoms with Crippen LogP contribution in [0, 0.1) is 0 Å². The molecule has 6 heteroatoms. The number of benzene rings is 2. The Morgan fingerprint density at radius 2 is 2.00 bits per heavy atom. The number of methoxy groups -OCH3 is 1. The van der Waals surface area contributed by atoms with Gasteiger partial charge in [-0.2, -0.15) is 0 Å². The molecule has 0 fully saturated rings. The van der Waals surface area contributed by atoms with Gasteiger partial charge in [0.05, 0.1) is 29.5 Å². The molecule has 0 aliphatic carbocycles. The molecule has 0 saturated carbocycles. The van der Waals surface area contributed by atoms with E-state index in [1.165, 1.54) is 6.92 Å². The number of nitrogens with two attached hydrogens (primary N) is 1. The first-order chi connectivity index (χ1) is 10.6. The number of rotatable bonds is 3. The predicted molar refractivity (Wildman–Crippen MR) is 86.8 cm³/mol. The number of hydrogen-bond donors (Lipinski definition) is 3. The van der Waals surface area contributed by atoms with Gasteiger partial charge in [0.15, 0.2) is 0 Å². The van der Waals surface area contributed by atoms with Crippen molar-refractivity contribution >= 4 is 28.3 Å². The lowest BCUT2D eigenvalue weighted by Crippen LogP contribution is -2.07. The minimum Gasteiger partial charge on any atom is -0.497 e. The normalized spacial score (nSPS) is 10.6. The number of imidazole rings is 1. The highest BCUT2D eigenvalue weighted by atomic mass is 16.5. The number of ether oxygens (including phenoxy) is 1. The van der Waals surface area contributed by atoms with Crippen LogP contribution in [0.15, 0.2) is 36.4 Å². The summed E-state index contributed by atoms with van der Waals surface area (Å²) in [4.78, 5) is 19.0. The lowest BCUT2D eigenvalue weighted by Gasteiger charge is -2.05. The molecular weight excluding hydrogens is 280 g/mol. The van der Waals surface area contributed by atoms with Gasteiger partial charge in [-0.05, 0) is 36.4 Å². The highest BCUT2D eigenvalue weighted by Gasteiger charge is 2.09. The maximum Gasteiger partial charge on any atom is 0.221 e. The first kappa shape index (κ1) is 13.9. The second kappa shape index (κ2) is 5.40. The predicted octanol–water partition coefficient (Wildman–Crippen LogP) is 2.78. The summed E-state index contributed by atoms with van der Waals surface area (Å²) in [6.45, 7) is 1.44.